The second kappa shape index (κ2) is 11.8. The van der Waals surface area contributed by atoms with Crippen LogP contribution in [0.5, 0.6) is 0 Å². The van der Waals surface area contributed by atoms with E-state index < -0.39 is 12.1 Å². The van der Waals surface area contributed by atoms with Crippen LogP contribution in [0.25, 0.3) is 32.2 Å². The first-order chi connectivity index (χ1) is 17.8. The molecule has 0 aliphatic heterocycles. The van der Waals surface area contributed by atoms with E-state index in [4.69, 9.17) is 14.9 Å². The normalized spacial score (nSPS) is 11.2. The molecule has 6 nitrogen and oxygen atoms in total. The summed E-state index contributed by atoms with van der Waals surface area (Å²) in [4.78, 5) is 23.6. The number of hydrogen-bond donors (Lipinski definition) is 3. The SMILES string of the molecule is O=C(O)C(F)(F)F.c1cncc(CCNCc2ccc(-c3ccc(-c4nc5ccccc5[nH]4)s3)cc2)c1. The molecule has 0 aliphatic rings. The van der Waals surface area contributed by atoms with Gasteiger partial charge in [-0.2, -0.15) is 13.2 Å². The van der Waals surface area contributed by atoms with Gasteiger partial charge in [0.2, 0.25) is 0 Å². The average molecular weight is 525 g/mol. The molecule has 37 heavy (non-hydrogen) atoms. The Labute approximate surface area is 214 Å². The number of thiophene rings is 1. The summed E-state index contributed by atoms with van der Waals surface area (Å²) in [5, 5.41) is 10.6. The molecule has 3 heterocycles. The van der Waals surface area contributed by atoms with E-state index in [1.54, 1.807) is 11.3 Å². The van der Waals surface area contributed by atoms with Crippen LogP contribution in [0.15, 0.2) is 85.2 Å². The molecule has 0 atom stereocenters. The van der Waals surface area contributed by atoms with Gasteiger partial charge in [0.05, 0.1) is 15.9 Å². The summed E-state index contributed by atoms with van der Waals surface area (Å²) in [5.74, 6) is -1.82. The Kier molecular flexibility index (Phi) is 8.32. The number of carboxylic acids is 1. The standard InChI is InChI=1S/C25H22N4S.C2HF3O2/c1-2-6-22-21(5-1)28-25(29-22)24-12-11-23(30-24)20-9-7-19(8-10-20)17-27-15-13-18-4-3-14-26-16-18;3-2(4,5)1(6)7/h1-12,14,16,27H,13,15,17H2,(H,28,29);(H,6,7). The predicted octanol–water partition coefficient (Wildman–Crippen LogP) is 6.32. The van der Waals surface area contributed by atoms with E-state index in [0.717, 1.165) is 41.2 Å². The molecule has 0 unspecified atom stereocenters. The number of aromatic amines is 1. The number of hydrogen-bond acceptors (Lipinski definition) is 5. The van der Waals surface area contributed by atoms with E-state index in [0.29, 0.717) is 0 Å². The lowest BCUT2D eigenvalue weighted by Gasteiger charge is -2.06. The Hall–Kier alpha value is -4.02. The number of aliphatic carboxylic acids is 1. The maximum absolute atomic E-state index is 10.6. The third-order valence-corrected chi connectivity index (χ3v) is 6.49. The number of carboxylic acid groups (broad SMARTS) is 1. The van der Waals surface area contributed by atoms with Gasteiger partial charge in [0, 0.05) is 23.8 Å². The number of benzene rings is 2. The zero-order valence-electron chi connectivity index (χ0n) is 19.5. The van der Waals surface area contributed by atoms with E-state index in [-0.39, 0.29) is 0 Å². The summed E-state index contributed by atoms with van der Waals surface area (Å²) in [6.45, 7) is 1.81. The number of alkyl halides is 3. The van der Waals surface area contributed by atoms with Crippen LogP contribution in [0, 0.1) is 0 Å². The molecule has 0 amide bonds. The van der Waals surface area contributed by atoms with Gasteiger partial charge < -0.3 is 15.4 Å². The number of nitrogens with zero attached hydrogens (tertiary/aromatic N) is 2. The fourth-order valence-electron chi connectivity index (χ4n) is 3.49. The highest BCUT2D eigenvalue weighted by molar-refractivity contribution is 7.18. The lowest BCUT2D eigenvalue weighted by molar-refractivity contribution is -0.192. The van der Waals surface area contributed by atoms with Gasteiger partial charge in [0.15, 0.2) is 0 Å². The highest BCUT2D eigenvalue weighted by Gasteiger charge is 2.38. The molecule has 0 bridgehead atoms. The van der Waals surface area contributed by atoms with Crippen molar-refractivity contribution >= 4 is 28.3 Å². The van der Waals surface area contributed by atoms with Crippen LogP contribution in [0.2, 0.25) is 0 Å². The summed E-state index contributed by atoms with van der Waals surface area (Å²) in [6.07, 6.45) is -0.353. The van der Waals surface area contributed by atoms with Gasteiger partial charge in [-0.05, 0) is 60.0 Å². The van der Waals surface area contributed by atoms with Crippen molar-refractivity contribution in [3.63, 3.8) is 0 Å². The first kappa shape index (κ1) is 26.1. The van der Waals surface area contributed by atoms with Crippen molar-refractivity contribution in [1.82, 2.24) is 20.3 Å². The maximum Gasteiger partial charge on any atom is 0.490 e. The number of pyridine rings is 1. The minimum absolute atomic E-state index is 0.870. The fraction of sp³-hybridized carbons (Fsp3) is 0.148. The number of aromatic nitrogens is 3. The molecule has 2 aromatic carbocycles. The van der Waals surface area contributed by atoms with Crippen LogP contribution in [0.3, 0.4) is 0 Å². The van der Waals surface area contributed by atoms with Crippen molar-refractivity contribution in [3.8, 4) is 21.1 Å². The monoisotopic (exact) mass is 524 g/mol. The van der Waals surface area contributed by atoms with Gasteiger partial charge in [-0.15, -0.1) is 11.3 Å². The van der Waals surface area contributed by atoms with E-state index >= 15 is 0 Å². The molecule has 5 aromatic rings. The third kappa shape index (κ3) is 7.25. The van der Waals surface area contributed by atoms with Crippen LogP contribution in [0.4, 0.5) is 13.2 Å². The molecule has 3 aromatic heterocycles. The summed E-state index contributed by atoms with van der Waals surface area (Å²) in [6, 6.07) is 25.4. The largest absolute Gasteiger partial charge is 0.490 e. The molecule has 0 radical (unpaired) electrons. The van der Waals surface area contributed by atoms with Crippen LogP contribution < -0.4 is 5.32 Å². The van der Waals surface area contributed by atoms with E-state index in [2.05, 4.69) is 63.8 Å². The molecule has 190 valence electrons. The average Bonchev–Trinajstić information content (AvgIpc) is 3.55. The molecule has 0 saturated carbocycles. The number of H-pyrrole nitrogens is 1. The van der Waals surface area contributed by atoms with Gasteiger partial charge in [0.25, 0.3) is 0 Å². The second-order valence-electron chi connectivity index (χ2n) is 8.05. The molecule has 0 saturated heterocycles. The summed E-state index contributed by atoms with van der Waals surface area (Å²) < 4.78 is 31.7. The first-order valence-electron chi connectivity index (χ1n) is 11.3. The van der Waals surface area contributed by atoms with Crippen molar-refractivity contribution in [2.75, 3.05) is 6.54 Å². The summed E-state index contributed by atoms with van der Waals surface area (Å²) >= 11 is 1.76. The van der Waals surface area contributed by atoms with Gasteiger partial charge >= 0.3 is 12.1 Å². The molecule has 10 heteroatoms. The lowest BCUT2D eigenvalue weighted by Crippen LogP contribution is -2.21. The summed E-state index contributed by atoms with van der Waals surface area (Å²) in [7, 11) is 0. The Morgan fingerprint density at radius 1 is 0.946 bits per heavy atom. The number of imidazole rings is 1. The Morgan fingerprint density at radius 2 is 1.68 bits per heavy atom. The molecule has 0 aliphatic carbocycles. The molecule has 3 N–H and O–H groups in total. The van der Waals surface area contributed by atoms with Crippen LogP contribution in [-0.4, -0.2) is 38.7 Å². The quantitative estimate of drug-likeness (QED) is 0.217. The van der Waals surface area contributed by atoms with Gasteiger partial charge in [-0.3, -0.25) is 4.98 Å². The van der Waals surface area contributed by atoms with Crippen LogP contribution in [0.1, 0.15) is 11.1 Å². The van der Waals surface area contributed by atoms with Crippen molar-refractivity contribution < 1.29 is 23.1 Å². The van der Waals surface area contributed by atoms with Crippen LogP contribution in [-0.2, 0) is 17.8 Å². The third-order valence-electron chi connectivity index (χ3n) is 5.35. The maximum atomic E-state index is 10.6. The number of fused-ring (bicyclic) bond motifs is 1. The second-order valence-corrected chi connectivity index (χ2v) is 9.14. The van der Waals surface area contributed by atoms with Gasteiger partial charge in [0.1, 0.15) is 5.82 Å². The van der Waals surface area contributed by atoms with E-state index in [1.165, 1.54) is 21.6 Å². The first-order valence-corrected chi connectivity index (χ1v) is 12.2. The lowest BCUT2D eigenvalue weighted by atomic mass is 10.1. The smallest absolute Gasteiger partial charge is 0.475 e. The Bertz CT molecular complexity index is 1420. The van der Waals surface area contributed by atoms with Crippen molar-refractivity contribution in [2.45, 2.75) is 19.1 Å². The minimum Gasteiger partial charge on any atom is -0.475 e. The zero-order chi connectivity index (χ0) is 26.3. The van der Waals surface area contributed by atoms with Gasteiger partial charge in [-0.1, -0.05) is 42.5 Å². The minimum atomic E-state index is -5.08. The fourth-order valence-corrected chi connectivity index (χ4v) is 4.44. The molecular formula is C27H23F3N4O2S. The molecular weight excluding hydrogens is 501 g/mol. The number of carbonyl (C=O) groups is 1. The van der Waals surface area contributed by atoms with Crippen molar-refractivity contribution in [3.05, 3.63) is 96.3 Å². The van der Waals surface area contributed by atoms with Crippen molar-refractivity contribution in [1.29, 1.82) is 0 Å². The molecule has 0 spiro atoms. The van der Waals surface area contributed by atoms with Crippen molar-refractivity contribution in [2.24, 2.45) is 0 Å². The van der Waals surface area contributed by atoms with Crippen LogP contribution >= 0.6 is 11.3 Å². The molecule has 0 fully saturated rings. The predicted molar refractivity (Wildman–Crippen MR) is 138 cm³/mol. The number of rotatable bonds is 7. The highest BCUT2D eigenvalue weighted by atomic mass is 32.1. The Balaban J connectivity index is 0.000000405. The Morgan fingerprint density at radius 3 is 2.35 bits per heavy atom. The zero-order valence-corrected chi connectivity index (χ0v) is 20.3. The molecule has 5 rings (SSSR count). The number of halogens is 3. The summed E-state index contributed by atoms with van der Waals surface area (Å²) in [5.41, 5.74) is 5.87. The van der Waals surface area contributed by atoms with E-state index in [1.807, 2.05) is 36.7 Å². The van der Waals surface area contributed by atoms with E-state index in [9.17, 15) is 13.2 Å². The number of nitrogens with one attached hydrogen (secondary N) is 2. The number of para-hydroxylation sites is 2. The van der Waals surface area contributed by atoms with Gasteiger partial charge in [-0.25, -0.2) is 9.78 Å². The topological polar surface area (TPSA) is 90.9 Å². The highest BCUT2D eigenvalue weighted by Crippen LogP contribution is 2.34.